The van der Waals surface area contributed by atoms with Crippen LogP contribution >= 0.6 is 0 Å². The fourth-order valence-electron chi connectivity index (χ4n) is 1.34. The Morgan fingerprint density at radius 1 is 1.56 bits per heavy atom. The summed E-state index contributed by atoms with van der Waals surface area (Å²) in [5, 5.41) is 10.7. The van der Waals surface area contributed by atoms with Gasteiger partial charge in [0.25, 0.3) is 5.69 Å². The maximum absolute atomic E-state index is 10.7. The molecule has 0 amide bonds. The van der Waals surface area contributed by atoms with Gasteiger partial charge < -0.3 is 5.73 Å². The van der Waals surface area contributed by atoms with Crippen LogP contribution < -0.4 is 5.73 Å². The zero-order valence-corrected chi connectivity index (χ0v) is 9.80. The molecule has 0 aliphatic heterocycles. The molecule has 1 atom stereocenters. The molecule has 1 unspecified atom stereocenters. The number of hydrogen-bond donors (Lipinski definition) is 1. The lowest BCUT2D eigenvalue weighted by Gasteiger charge is -2.14. The molecule has 0 aromatic carbocycles. The van der Waals surface area contributed by atoms with Gasteiger partial charge >= 0.3 is 0 Å². The van der Waals surface area contributed by atoms with Gasteiger partial charge in [0.05, 0.1) is 4.92 Å². The lowest BCUT2D eigenvalue weighted by Crippen LogP contribution is -2.29. The van der Waals surface area contributed by atoms with E-state index in [0.29, 0.717) is 23.6 Å². The second kappa shape index (κ2) is 5.03. The average molecular weight is 223 g/mol. The molecule has 88 valence electrons. The van der Waals surface area contributed by atoms with E-state index in [4.69, 9.17) is 5.73 Å². The Labute approximate surface area is 94.8 Å². The molecule has 1 heterocycles. The SMILES string of the molecule is Cc1cnc(CC(N)C(C)C)cc1[N+](=O)[O-]. The highest BCUT2D eigenvalue weighted by atomic mass is 16.6. The Morgan fingerprint density at radius 2 is 2.19 bits per heavy atom. The number of aryl methyl sites for hydroxylation is 1. The van der Waals surface area contributed by atoms with Gasteiger partial charge in [-0.05, 0) is 12.8 Å². The van der Waals surface area contributed by atoms with Crippen molar-refractivity contribution >= 4 is 5.69 Å². The topological polar surface area (TPSA) is 82.0 Å². The Bertz CT molecular complexity index is 391. The molecule has 16 heavy (non-hydrogen) atoms. The number of rotatable bonds is 4. The van der Waals surface area contributed by atoms with Crippen LogP contribution in [-0.2, 0) is 6.42 Å². The Morgan fingerprint density at radius 3 is 2.69 bits per heavy atom. The van der Waals surface area contributed by atoms with Gasteiger partial charge in [0, 0.05) is 36.0 Å². The molecule has 5 nitrogen and oxygen atoms in total. The van der Waals surface area contributed by atoms with Crippen molar-refractivity contribution in [3.63, 3.8) is 0 Å². The minimum atomic E-state index is -0.387. The smallest absolute Gasteiger partial charge is 0.275 e. The summed E-state index contributed by atoms with van der Waals surface area (Å²) in [7, 11) is 0. The monoisotopic (exact) mass is 223 g/mol. The highest BCUT2D eigenvalue weighted by Crippen LogP contribution is 2.18. The first-order valence-electron chi connectivity index (χ1n) is 5.27. The normalized spacial score (nSPS) is 12.8. The first kappa shape index (κ1) is 12.6. The molecule has 0 aliphatic carbocycles. The van der Waals surface area contributed by atoms with Crippen LogP contribution in [0.25, 0.3) is 0 Å². The molecule has 0 aliphatic rings. The standard InChI is InChI=1S/C11H17N3O2/c1-7(2)10(12)4-9-5-11(14(15)16)8(3)6-13-9/h5-7,10H,4,12H2,1-3H3. The van der Waals surface area contributed by atoms with Gasteiger partial charge in [-0.3, -0.25) is 15.1 Å². The van der Waals surface area contributed by atoms with Gasteiger partial charge in [-0.15, -0.1) is 0 Å². The van der Waals surface area contributed by atoms with Gasteiger partial charge in [-0.25, -0.2) is 0 Å². The third-order valence-corrected chi connectivity index (χ3v) is 2.63. The van der Waals surface area contributed by atoms with Gasteiger partial charge in [0.15, 0.2) is 0 Å². The van der Waals surface area contributed by atoms with E-state index in [1.165, 1.54) is 12.3 Å². The summed E-state index contributed by atoms with van der Waals surface area (Å²) in [5.74, 6) is 0.335. The minimum Gasteiger partial charge on any atom is -0.327 e. The maximum Gasteiger partial charge on any atom is 0.275 e. The van der Waals surface area contributed by atoms with E-state index in [9.17, 15) is 10.1 Å². The fraction of sp³-hybridized carbons (Fsp3) is 0.545. The van der Waals surface area contributed by atoms with E-state index in [2.05, 4.69) is 4.98 Å². The Hall–Kier alpha value is -1.49. The third kappa shape index (κ3) is 3.00. The maximum atomic E-state index is 10.7. The van der Waals surface area contributed by atoms with E-state index in [1.807, 2.05) is 13.8 Å². The van der Waals surface area contributed by atoms with E-state index < -0.39 is 0 Å². The molecule has 1 aromatic heterocycles. The van der Waals surface area contributed by atoms with Crippen LogP contribution in [0.5, 0.6) is 0 Å². The number of nitrogens with two attached hydrogens (primary N) is 1. The lowest BCUT2D eigenvalue weighted by molar-refractivity contribution is -0.385. The van der Waals surface area contributed by atoms with Crippen LogP contribution in [0.2, 0.25) is 0 Å². The van der Waals surface area contributed by atoms with Crippen molar-refractivity contribution in [2.24, 2.45) is 11.7 Å². The van der Waals surface area contributed by atoms with E-state index in [1.54, 1.807) is 6.92 Å². The lowest BCUT2D eigenvalue weighted by atomic mass is 10.00. The molecular weight excluding hydrogens is 206 g/mol. The molecule has 0 saturated heterocycles. The van der Waals surface area contributed by atoms with Crippen molar-refractivity contribution in [3.8, 4) is 0 Å². The second-order valence-corrected chi connectivity index (χ2v) is 4.33. The summed E-state index contributed by atoms with van der Waals surface area (Å²) in [5.41, 5.74) is 7.27. The molecule has 0 bridgehead atoms. The predicted molar refractivity (Wildman–Crippen MR) is 62.1 cm³/mol. The van der Waals surface area contributed by atoms with Crippen molar-refractivity contribution in [1.29, 1.82) is 0 Å². The van der Waals surface area contributed by atoms with Crippen LogP contribution in [0, 0.1) is 23.0 Å². The highest BCUT2D eigenvalue weighted by molar-refractivity contribution is 5.38. The van der Waals surface area contributed by atoms with Crippen LogP contribution in [0.1, 0.15) is 25.1 Å². The van der Waals surface area contributed by atoms with Gasteiger partial charge in [0.1, 0.15) is 0 Å². The summed E-state index contributed by atoms with van der Waals surface area (Å²) >= 11 is 0. The number of pyridine rings is 1. The van der Waals surface area contributed by atoms with Crippen molar-refractivity contribution in [1.82, 2.24) is 4.98 Å². The largest absolute Gasteiger partial charge is 0.327 e. The predicted octanol–water partition coefficient (Wildman–Crippen LogP) is 1.82. The number of nitro groups is 1. The average Bonchev–Trinajstić information content (AvgIpc) is 2.20. The van der Waals surface area contributed by atoms with Crippen molar-refractivity contribution < 1.29 is 4.92 Å². The summed E-state index contributed by atoms with van der Waals surface area (Å²) in [6.07, 6.45) is 2.10. The summed E-state index contributed by atoms with van der Waals surface area (Å²) in [6, 6.07) is 1.49. The van der Waals surface area contributed by atoms with Crippen LogP contribution in [0.3, 0.4) is 0 Å². The molecular formula is C11H17N3O2. The quantitative estimate of drug-likeness (QED) is 0.623. The van der Waals surface area contributed by atoms with E-state index in [-0.39, 0.29) is 16.7 Å². The number of hydrogen-bond acceptors (Lipinski definition) is 4. The zero-order chi connectivity index (χ0) is 12.3. The molecule has 1 aromatic rings. The summed E-state index contributed by atoms with van der Waals surface area (Å²) in [4.78, 5) is 14.5. The zero-order valence-electron chi connectivity index (χ0n) is 9.80. The number of nitrogens with zero attached hydrogens (tertiary/aromatic N) is 2. The first-order chi connectivity index (χ1) is 7.41. The Balaban J connectivity index is 2.91. The minimum absolute atomic E-state index is 0.0187. The number of aromatic nitrogens is 1. The summed E-state index contributed by atoms with van der Waals surface area (Å²) in [6.45, 7) is 5.72. The molecule has 1 rings (SSSR count). The molecule has 5 heteroatoms. The van der Waals surface area contributed by atoms with Crippen LogP contribution in [0.15, 0.2) is 12.3 Å². The van der Waals surface area contributed by atoms with E-state index >= 15 is 0 Å². The van der Waals surface area contributed by atoms with Gasteiger partial charge in [0.2, 0.25) is 0 Å². The molecule has 0 radical (unpaired) electrons. The third-order valence-electron chi connectivity index (χ3n) is 2.63. The van der Waals surface area contributed by atoms with Crippen LogP contribution in [-0.4, -0.2) is 15.9 Å². The van der Waals surface area contributed by atoms with Gasteiger partial charge in [-0.1, -0.05) is 13.8 Å². The highest BCUT2D eigenvalue weighted by Gasteiger charge is 2.15. The van der Waals surface area contributed by atoms with Crippen molar-refractivity contribution in [2.45, 2.75) is 33.2 Å². The van der Waals surface area contributed by atoms with Crippen LogP contribution in [0.4, 0.5) is 5.69 Å². The Kier molecular flexibility index (Phi) is 3.95. The summed E-state index contributed by atoms with van der Waals surface area (Å²) < 4.78 is 0. The molecule has 0 spiro atoms. The van der Waals surface area contributed by atoms with Gasteiger partial charge in [-0.2, -0.15) is 0 Å². The molecule has 0 saturated carbocycles. The first-order valence-corrected chi connectivity index (χ1v) is 5.27. The molecule has 0 fully saturated rings. The second-order valence-electron chi connectivity index (χ2n) is 4.33. The van der Waals surface area contributed by atoms with Crippen molar-refractivity contribution in [3.05, 3.63) is 33.6 Å². The molecule has 2 N–H and O–H groups in total. The van der Waals surface area contributed by atoms with Crippen molar-refractivity contribution in [2.75, 3.05) is 0 Å². The van der Waals surface area contributed by atoms with E-state index in [0.717, 1.165) is 0 Å². The fourth-order valence-corrected chi connectivity index (χ4v) is 1.34.